The van der Waals surface area contributed by atoms with Gasteiger partial charge in [-0.1, -0.05) is 45.0 Å². The molecule has 0 aliphatic heterocycles. The minimum atomic E-state index is -2.25. The Balaban J connectivity index is 1.92. The number of ether oxygens (including phenoxy) is 2. The molecule has 0 spiro atoms. The summed E-state index contributed by atoms with van der Waals surface area (Å²) in [5, 5.41) is 23.2. The summed E-state index contributed by atoms with van der Waals surface area (Å²) >= 11 is 0. The number of carbonyl (C=O) groups is 4. The van der Waals surface area contributed by atoms with E-state index in [-0.39, 0.29) is 19.3 Å². The highest BCUT2D eigenvalue weighted by Crippen LogP contribution is 2.66. The van der Waals surface area contributed by atoms with E-state index < -0.39 is 75.5 Å². The van der Waals surface area contributed by atoms with Crippen molar-refractivity contribution in [3.8, 4) is 0 Å². The summed E-state index contributed by atoms with van der Waals surface area (Å²) in [6.07, 6.45) is -2.16. The lowest BCUT2D eigenvalue weighted by atomic mass is 9.40. The fourth-order valence-electron chi connectivity index (χ4n) is 7.53. The Morgan fingerprint density at radius 2 is 1.70 bits per heavy atom. The molecule has 3 aliphatic rings. The largest absolute Gasteiger partial charge is 0.459 e. The van der Waals surface area contributed by atoms with E-state index in [1.165, 1.54) is 13.0 Å². The molecule has 0 saturated heterocycles. The highest BCUT2D eigenvalue weighted by molar-refractivity contribution is 5.97. The van der Waals surface area contributed by atoms with E-state index in [0.717, 1.165) is 0 Å². The smallest absolute Gasteiger partial charge is 0.338 e. The van der Waals surface area contributed by atoms with Crippen LogP contribution in [0.3, 0.4) is 0 Å². The van der Waals surface area contributed by atoms with Gasteiger partial charge in [0.1, 0.15) is 18.3 Å². The third-order valence-corrected chi connectivity index (χ3v) is 9.29. The molecular formula is C29H36O8. The van der Waals surface area contributed by atoms with Crippen molar-refractivity contribution in [2.24, 2.45) is 28.1 Å². The van der Waals surface area contributed by atoms with Crippen LogP contribution >= 0.6 is 0 Å². The number of hydrogen-bond donors (Lipinski definition) is 2. The van der Waals surface area contributed by atoms with E-state index in [4.69, 9.17) is 9.47 Å². The van der Waals surface area contributed by atoms with E-state index in [1.807, 2.05) is 0 Å². The van der Waals surface area contributed by atoms with Crippen LogP contribution in [0, 0.1) is 28.1 Å². The van der Waals surface area contributed by atoms with Crippen LogP contribution in [0.5, 0.6) is 0 Å². The van der Waals surface area contributed by atoms with E-state index in [0.29, 0.717) is 5.56 Å². The number of aliphatic hydroxyl groups is 2. The summed E-state index contributed by atoms with van der Waals surface area (Å²) in [5.41, 5.74) is -5.25. The monoisotopic (exact) mass is 512 g/mol. The average Bonchev–Trinajstić information content (AvgIpc) is 2.83. The van der Waals surface area contributed by atoms with E-state index >= 15 is 0 Å². The number of fused-ring (bicyclic) bond motifs is 3. The molecule has 4 rings (SSSR count). The van der Waals surface area contributed by atoms with Crippen molar-refractivity contribution in [2.75, 3.05) is 0 Å². The molecular weight excluding hydrogens is 476 g/mol. The van der Waals surface area contributed by atoms with Crippen LogP contribution < -0.4 is 0 Å². The summed E-state index contributed by atoms with van der Waals surface area (Å²) in [5.74, 6) is -3.83. The lowest BCUT2D eigenvalue weighted by molar-refractivity contribution is -0.266. The molecule has 0 heterocycles. The van der Waals surface area contributed by atoms with Crippen LogP contribution in [0.15, 0.2) is 43.0 Å². The van der Waals surface area contributed by atoms with Crippen LogP contribution in [0.1, 0.15) is 64.2 Å². The molecule has 1 aromatic rings. The molecule has 0 amide bonds. The van der Waals surface area contributed by atoms with E-state index in [9.17, 15) is 29.4 Å². The maximum absolute atomic E-state index is 14.1. The van der Waals surface area contributed by atoms with Gasteiger partial charge in [-0.25, -0.2) is 4.79 Å². The Labute approximate surface area is 217 Å². The first kappa shape index (κ1) is 27.2. The number of Topliss-reactive ketones (excluding diaryl/α,β-unsaturated/α-hetero) is 2. The lowest BCUT2D eigenvalue weighted by Gasteiger charge is -2.66. The Bertz CT molecular complexity index is 1140. The third-order valence-electron chi connectivity index (χ3n) is 9.29. The van der Waals surface area contributed by atoms with Crippen molar-refractivity contribution in [2.45, 2.75) is 77.8 Å². The Morgan fingerprint density at radius 1 is 1.08 bits per heavy atom. The molecule has 0 radical (unpaired) electrons. The number of carbonyl (C=O) groups excluding carboxylic acids is 4. The van der Waals surface area contributed by atoms with Crippen molar-refractivity contribution in [1.29, 1.82) is 0 Å². The summed E-state index contributed by atoms with van der Waals surface area (Å²) in [7, 11) is 0. The molecule has 0 bridgehead atoms. The zero-order chi connectivity index (χ0) is 27.6. The summed E-state index contributed by atoms with van der Waals surface area (Å²) in [6, 6.07) is 8.37. The standard InChI is InChI=1S/C29H36O8/c1-7-27(5)15-19(37-24(33)17-11-9-8-10-12-17)22-28(6)14-18(31)23(32)26(3,4)20(28)13-21(36-16(2)30)29(22,35)25(27)34/h7-12,19-23,32,35H,1,13-15H2,2-6H3. The molecule has 37 heavy (non-hydrogen) atoms. The predicted molar refractivity (Wildman–Crippen MR) is 133 cm³/mol. The predicted octanol–water partition coefficient (Wildman–Crippen LogP) is 3.04. The molecule has 8 atom stereocenters. The number of ketones is 2. The molecule has 8 heteroatoms. The van der Waals surface area contributed by atoms with Crippen molar-refractivity contribution in [1.82, 2.24) is 0 Å². The molecule has 2 N–H and O–H groups in total. The topological polar surface area (TPSA) is 127 Å². The fraction of sp³-hybridized carbons (Fsp3) is 0.586. The van der Waals surface area contributed by atoms with Gasteiger partial charge >= 0.3 is 11.9 Å². The van der Waals surface area contributed by atoms with Crippen LogP contribution in [0.4, 0.5) is 0 Å². The van der Waals surface area contributed by atoms with Crippen molar-refractivity contribution in [3.05, 3.63) is 48.6 Å². The maximum atomic E-state index is 14.1. The third kappa shape index (κ3) is 3.96. The van der Waals surface area contributed by atoms with Gasteiger partial charge < -0.3 is 19.7 Å². The number of aliphatic hydroxyl groups excluding tert-OH is 1. The van der Waals surface area contributed by atoms with Gasteiger partial charge in [0.25, 0.3) is 0 Å². The lowest BCUT2D eigenvalue weighted by Crippen LogP contribution is -2.77. The Morgan fingerprint density at radius 3 is 2.27 bits per heavy atom. The van der Waals surface area contributed by atoms with Crippen LogP contribution in [-0.4, -0.2) is 57.6 Å². The maximum Gasteiger partial charge on any atom is 0.338 e. The second-order valence-corrected chi connectivity index (χ2v) is 12.0. The molecule has 8 unspecified atom stereocenters. The number of rotatable bonds is 4. The summed E-state index contributed by atoms with van der Waals surface area (Å²) in [4.78, 5) is 52.6. The van der Waals surface area contributed by atoms with Gasteiger partial charge in [0.15, 0.2) is 17.2 Å². The molecule has 1 aromatic carbocycles. The molecule has 3 fully saturated rings. The normalized spacial score (nSPS) is 40.7. The van der Waals surface area contributed by atoms with Gasteiger partial charge in [-0.15, -0.1) is 6.58 Å². The zero-order valence-corrected chi connectivity index (χ0v) is 22.0. The first-order valence-electron chi connectivity index (χ1n) is 12.7. The molecule has 3 saturated carbocycles. The summed E-state index contributed by atoms with van der Waals surface area (Å²) in [6.45, 7) is 11.9. The van der Waals surface area contributed by atoms with Gasteiger partial charge in [-0.3, -0.25) is 14.4 Å². The number of benzene rings is 1. The number of hydrogen-bond acceptors (Lipinski definition) is 8. The second-order valence-electron chi connectivity index (χ2n) is 12.0. The van der Waals surface area contributed by atoms with Crippen molar-refractivity contribution >= 4 is 23.5 Å². The second kappa shape index (κ2) is 8.88. The molecule has 8 nitrogen and oxygen atoms in total. The first-order chi connectivity index (χ1) is 17.1. The van der Waals surface area contributed by atoms with E-state index in [2.05, 4.69) is 6.58 Å². The van der Waals surface area contributed by atoms with Crippen molar-refractivity contribution in [3.63, 3.8) is 0 Å². The fourth-order valence-corrected chi connectivity index (χ4v) is 7.53. The van der Waals surface area contributed by atoms with Gasteiger partial charge in [0.2, 0.25) is 0 Å². The molecule has 3 aliphatic carbocycles. The van der Waals surface area contributed by atoms with E-state index in [1.54, 1.807) is 58.0 Å². The molecule has 0 aromatic heterocycles. The number of allylic oxidation sites excluding steroid dienone is 1. The van der Waals surface area contributed by atoms with Gasteiger partial charge in [-0.05, 0) is 36.8 Å². The SMILES string of the molecule is C=CC1(C)CC(OC(=O)c2ccccc2)C2C3(C)CC(=O)C(O)C(C)(C)C3CC(OC(C)=O)C2(O)C1=O. The highest BCUT2D eigenvalue weighted by atomic mass is 16.6. The quantitative estimate of drug-likeness (QED) is 0.466. The van der Waals surface area contributed by atoms with Crippen molar-refractivity contribution < 1.29 is 38.9 Å². The Kier molecular flexibility index (Phi) is 6.53. The molecule has 200 valence electrons. The van der Waals surface area contributed by atoms with Crippen LogP contribution in [-0.2, 0) is 23.9 Å². The van der Waals surface area contributed by atoms with Gasteiger partial charge in [-0.2, -0.15) is 0 Å². The Hall–Kier alpha value is -2.84. The number of esters is 2. The zero-order valence-electron chi connectivity index (χ0n) is 22.0. The summed E-state index contributed by atoms with van der Waals surface area (Å²) < 4.78 is 11.7. The minimum Gasteiger partial charge on any atom is -0.459 e. The highest BCUT2D eigenvalue weighted by Gasteiger charge is 2.75. The van der Waals surface area contributed by atoms with Gasteiger partial charge in [0.05, 0.1) is 11.0 Å². The first-order valence-corrected chi connectivity index (χ1v) is 12.7. The van der Waals surface area contributed by atoms with Crippen LogP contribution in [0.25, 0.3) is 0 Å². The minimum absolute atomic E-state index is 0.0349. The van der Waals surface area contributed by atoms with Crippen LogP contribution in [0.2, 0.25) is 0 Å². The van der Waals surface area contributed by atoms with Gasteiger partial charge in [0, 0.05) is 31.1 Å². The average molecular weight is 513 g/mol.